The number of nitrogens with zero attached hydrogens (tertiary/aromatic N) is 5. The number of aryl methyl sites for hydroxylation is 1. The van der Waals surface area contributed by atoms with Crippen LogP contribution in [0.1, 0.15) is 7.75 Å². The molecular formula is C17H18N6O2S. The Morgan fingerprint density at radius 3 is 3.00 bits per heavy atom. The molecule has 0 bridgehead atoms. The molecule has 3 aromatic rings. The van der Waals surface area contributed by atoms with E-state index < -0.39 is 12.4 Å². The van der Waals surface area contributed by atoms with Crippen molar-refractivity contribution < 1.29 is 12.3 Å². The highest BCUT2D eigenvalue weighted by Gasteiger charge is 2.15. The molecule has 0 spiro atoms. The Morgan fingerprint density at radius 2 is 2.23 bits per heavy atom. The largest absolute Gasteiger partial charge is 0.379 e. The quantitative estimate of drug-likeness (QED) is 0.745. The van der Waals surface area contributed by atoms with E-state index in [4.69, 9.17) is 7.48 Å². The van der Waals surface area contributed by atoms with Crippen molar-refractivity contribution in [2.45, 2.75) is 6.92 Å². The average molecular weight is 372 g/mol. The van der Waals surface area contributed by atoms with Gasteiger partial charge >= 0.3 is 0 Å². The van der Waals surface area contributed by atoms with E-state index in [0.29, 0.717) is 31.8 Å². The van der Waals surface area contributed by atoms with Gasteiger partial charge in [0.25, 0.3) is 0 Å². The van der Waals surface area contributed by atoms with E-state index >= 15 is 0 Å². The molecule has 1 aromatic carbocycles. The Balaban J connectivity index is 1.57. The molecule has 0 unspecified atom stereocenters. The fourth-order valence-corrected chi connectivity index (χ4v) is 3.27. The number of benzene rings is 1. The lowest BCUT2D eigenvalue weighted by Gasteiger charge is -2.25. The van der Waals surface area contributed by atoms with E-state index in [1.165, 1.54) is 16.2 Å². The van der Waals surface area contributed by atoms with E-state index in [1.807, 2.05) is 25.1 Å². The number of fused-ring (bicyclic) bond motifs is 1. The number of hydrogen-bond acceptors (Lipinski definition) is 8. The van der Waals surface area contributed by atoms with Gasteiger partial charge in [-0.2, -0.15) is 0 Å². The van der Waals surface area contributed by atoms with Gasteiger partial charge in [0.1, 0.15) is 10.0 Å². The molecule has 1 N–H and O–H groups in total. The summed E-state index contributed by atoms with van der Waals surface area (Å²) >= 11 is 1.48. The standard InChI is InChI=1S/C17H18N6O2S/c1-11-21-22-16(26-11)12-2-3-13-9-18-17(19-14(13)8-12)20-15(24)10-23-4-6-25-7-5-23/h2-3,8-9H,4-7,10H2,1H3,(H,18,19,20,24)/i10D2. The summed E-state index contributed by atoms with van der Waals surface area (Å²) in [6, 6.07) is 5.64. The molecule has 9 heteroatoms. The van der Waals surface area contributed by atoms with Crippen LogP contribution in [0.4, 0.5) is 5.95 Å². The molecule has 26 heavy (non-hydrogen) atoms. The number of aromatic nitrogens is 4. The molecule has 0 aliphatic carbocycles. The number of amides is 1. The molecule has 1 saturated heterocycles. The fraction of sp³-hybridized carbons (Fsp3) is 0.353. The smallest absolute Gasteiger partial charge is 0.240 e. The van der Waals surface area contributed by atoms with Crippen LogP contribution in [-0.2, 0) is 9.53 Å². The lowest BCUT2D eigenvalue weighted by molar-refractivity contribution is -0.118. The van der Waals surface area contributed by atoms with Crippen LogP contribution in [0.2, 0.25) is 0 Å². The monoisotopic (exact) mass is 372 g/mol. The van der Waals surface area contributed by atoms with Crippen molar-refractivity contribution in [1.82, 2.24) is 25.1 Å². The van der Waals surface area contributed by atoms with E-state index in [-0.39, 0.29) is 5.95 Å². The Kier molecular flexibility index (Phi) is 4.17. The van der Waals surface area contributed by atoms with Crippen molar-refractivity contribution in [2.75, 3.05) is 38.1 Å². The van der Waals surface area contributed by atoms with Gasteiger partial charge < -0.3 is 4.74 Å². The predicted octanol–water partition coefficient (Wildman–Crippen LogP) is 1.73. The van der Waals surface area contributed by atoms with Crippen LogP contribution in [-0.4, -0.2) is 63.8 Å². The number of hydrogen-bond donors (Lipinski definition) is 1. The van der Waals surface area contributed by atoms with Gasteiger partial charge in [-0.3, -0.25) is 15.0 Å². The molecule has 0 saturated carbocycles. The maximum atomic E-state index is 12.5. The van der Waals surface area contributed by atoms with E-state index in [9.17, 15) is 4.79 Å². The summed E-state index contributed by atoms with van der Waals surface area (Å²) in [6.45, 7) is 1.21. The molecule has 1 aliphatic heterocycles. The first-order valence-electron chi connectivity index (χ1n) is 9.15. The molecule has 3 heterocycles. The molecule has 0 radical (unpaired) electrons. The second-order valence-corrected chi connectivity index (χ2v) is 6.94. The minimum Gasteiger partial charge on any atom is -0.379 e. The SMILES string of the molecule is [2H]C([2H])(C(=O)Nc1ncc2ccc(-c3nnc(C)s3)cc2n1)N1CCOCC1. The lowest BCUT2D eigenvalue weighted by Crippen LogP contribution is -2.41. The van der Waals surface area contributed by atoms with Crippen LogP contribution in [0, 0.1) is 6.92 Å². The van der Waals surface area contributed by atoms with Crippen LogP contribution < -0.4 is 5.32 Å². The number of morpholine rings is 1. The van der Waals surface area contributed by atoms with Crippen LogP contribution in [0.3, 0.4) is 0 Å². The highest BCUT2D eigenvalue weighted by Crippen LogP contribution is 2.26. The van der Waals surface area contributed by atoms with E-state index in [1.54, 1.807) is 6.20 Å². The Bertz CT molecular complexity index is 1020. The number of carbonyl (C=O) groups excluding carboxylic acids is 1. The van der Waals surface area contributed by atoms with E-state index in [0.717, 1.165) is 21.0 Å². The van der Waals surface area contributed by atoms with E-state index in [2.05, 4.69) is 25.5 Å². The zero-order valence-corrected chi connectivity index (χ0v) is 14.9. The van der Waals surface area contributed by atoms with Gasteiger partial charge in [0.05, 0.1) is 28.0 Å². The van der Waals surface area contributed by atoms with Gasteiger partial charge in [-0.1, -0.05) is 23.5 Å². The highest BCUT2D eigenvalue weighted by molar-refractivity contribution is 7.14. The molecule has 8 nitrogen and oxygen atoms in total. The summed E-state index contributed by atoms with van der Waals surface area (Å²) < 4.78 is 21.5. The number of nitrogens with one attached hydrogen (secondary N) is 1. The summed E-state index contributed by atoms with van der Waals surface area (Å²) in [6.07, 6.45) is 1.59. The average Bonchev–Trinajstić information content (AvgIpc) is 3.14. The predicted molar refractivity (Wildman–Crippen MR) is 99.1 cm³/mol. The van der Waals surface area contributed by atoms with Gasteiger partial charge in [0.15, 0.2) is 0 Å². The topological polar surface area (TPSA) is 93.1 Å². The Labute approximate surface area is 157 Å². The molecule has 1 fully saturated rings. The number of carbonyl (C=O) groups is 1. The first kappa shape index (κ1) is 14.7. The molecule has 2 aromatic heterocycles. The molecule has 134 valence electrons. The van der Waals surface area contributed by atoms with Crippen LogP contribution in [0.15, 0.2) is 24.4 Å². The third-order valence-corrected chi connectivity index (χ3v) is 4.74. The first-order valence-corrected chi connectivity index (χ1v) is 8.97. The molecule has 4 rings (SSSR count). The molecular weight excluding hydrogens is 352 g/mol. The zero-order chi connectivity index (χ0) is 19.7. The number of anilines is 1. The van der Waals surface area contributed by atoms with Gasteiger partial charge in [-0.05, 0) is 13.0 Å². The Morgan fingerprint density at radius 1 is 1.38 bits per heavy atom. The molecule has 1 aliphatic rings. The van der Waals surface area contributed by atoms with Gasteiger partial charge in [-0.25, -0.2) is 9.97 Å². The normalized spacial score (nSPS) is 17.0. The zero-order valence-electron chi connectivity index (χ0n) is 16.1. The number of rotatable bonds is 4. The summed E-state index contributed by atoms with van der Waals surface area (Å²) in [5.41, 5.74) is 1.50. The number of ether oxygens (including phenoxy) is 1. The van der Waals surface area contributed by atoms with Crippen molar-refractivity contribution in [3.63, 3.8) is 0 Å². The minimum absolute atomic E-state index is 0.0558. The molecule has 1 amide bonds. The summed E-state index contributed by atoms with van der Waals surface area (Å²) in [5, 5.41) is 13.1. The minimum atomic E-state index is -2.17. The Hall–Kier alpha value is -2.49. The van der Waals surface area contributed by atoms with Crippen molar-refractivity contribution in [1.29, 1.82) is 0 Å². The second-order valence-electron chi connectivity index (χ2n) is 5.76. The van der Waals surface area contributed by atoms with Crippen molar-refractivity contribution >= 4 is 34.1 Å². The third-order valence-electron chi connectivity index (χ3n) is 3.85. The van der Waals surface area contributed by atoms with Gasteiger partial charge in [-0.15, -0.1) is 10.2 Å². The first-order chi connectivity index (χ1) is 13.4. The van der Waals surface area contributed by atoms with Crippen LogP contribution in [0.25, 0.3) is 21.5 Å². The van der Waals surface area contributed by atoms with Crippen molar-refractivity contribution in [3.8, 4) is 10.6 Å². The lowest BCUT2D eigenvalue weighted by atomic mass is 10.1. The third kappa shape index (κ3) is 3.85. The van der Waals surface area contributed by atoms with Gasteiger partial charge in [0.2, 0.25) is 11.9 Å². The maximum absolute atomic E-state index is 12.5. The van der Waals surface area contributed by atoms with Gasteiger partial charge in [0, 0.05) is 30.2 Å². The van der Waals surface area contributed by atoms with Crippen LogP contribution in [0.5, 0.6) is 0 Å². The highest BCUT2D eigenvalue weighted by atomic mass is 32.1. The summed E-state index contributed by atoms with van der Waals surface area (Å²) in [5.74, 6) is -0.745. The molecule has 0 atom stereocenters. The fourth-order valence-electron chi connectivity index (χ4n) is 2.58. The van der Waals surface area contributed by atoms with Crippen LogP contribution >= 0.6 is 11.3 Å². The summed E-state index contributed by atoms with van der Waals surface area (Å²) in [4.78, 5) is 22.4. The van der Waals surface area contributed by atoms with Crippen molar-refractivity contribution in [3.05, 3.63) is 29.4 Å². The second kappa shape index (κ2) is 7.40. The maximum Gasteiger partial charge on any atom is 0.240 e. The summed E-state index contributed by atoms with van der Waals surface area (Å²) in [7, 11) is 0. The van der Waals surface area contributed by atoms with Crippen molar-refractivity contribution in [2.24, 2.45) is 0 Å².